The molecule has 0 radical (unpaired) electrons. The van der Waals surface area contributed by atoms with Crippen molar-refractivity contribution in [2.24, 2.45) is 0 Å². The van der Waals surface area contributed by atoms with Gasteiger partial charge in [-0.25, -0.2) is 14.0 Å². The monoisotopic (exact) mass is 414 g/mol. The third-order valence-corrected chi connectivity index (χ3v) is 5.94. The molecule has 2 N–H and O–H groups in total. The Bertz CT molecular complexity index is 1050. The van der Waals surface area contributed by atoms with Crippen molar-refractivity contribution in [3.8, 4) is 10.4 Å². The summed E-state index contributed by atoms with van der Waals surface area (Å²) >= 11 is 1.11. The first-order valence-electron chi connectivity index (χ1n) is 7.55. The number of benzene rings is 1. The van der Waals surface area contributed by atoms with Crippen LogP contribution in [0.4, 0.5) is 9.18 Å². The lowest BCUT2D eigenvalue weighted by molar-refractivity contribution is -0.142. The lowest BCUT2D eigenvalue weighted by Gasteiger charge is -2.27. The summed E-state index contributed by atoms with van der Waals surface area (Å²) in [5, 5.41) is 10.1. The fourth-order valence-electron chi connectivity index (χ4n) is 3.26. The SMILES string of the molecule is O=C(O)[C@@H]1c2sc(-c3ccc(F)cc3)cc2[C@@H]2CN1C(=O)N2OS(=O)(=O)O. The van der Waals surface area contributed by atoms with Gasteiger partial charge in [-0.1, -0.05) is 12.1 Å². The molecule has 27 heavy (non-hydrogen) atoms. The molecule has 2 aliphatic rings. The number of hydroxylamine groups is 2. The fraction of sp³-hybridized carbons (Fsp3) is 0.200. The fourth-order valence-corrected chi connectivity index (χ4v) is 4.96. The van der Waals surface area contributed by atoms with Crippen molar-refractivity contribution in [1.82, 2.24) is 9.96 Å². The Hall–Kier alpha value is -2.54. The molecule has 1 aromatic carbocycles. The lowest BCUT2D eigenvalue weighted by atomic mass is 9.98. The number of aliphatic carboxylic acids is 1. The predicted octanol–water partition coefficient (Wildman–Crippen LogP) is 2.21. The number of fused-ring (bicyclic) bond motifs is 4. The van der Waals surface area contributed by atoms with Crippen LogP contribution < -0.4 is 0 Å². The molecule has 4 rings (SSSR count). The Labute approximate surface area is 156 Å². The van der Waals surface area contributed by atoms with E-state index in [-0.39, 0.29) is 6.54 Å². The van der Waals surface area contributed by atoms with Crippen LogP contribution in [0.15, 0.2) is 30.3 Å². The standard InChI is InChI=1S/C15H11FN2O7S2/c16-8-3-1-7(2-4-8)11-5-9-10-6-17(12(14(19)20)13(9)26-11)15(21)18(10)25-27(22,23)24/h1-5,10,12H,6H2,(H,19,20)(H,22,23,24)/t10-,12-/m0/s1. The van der Waals surface area contributed by atoms with E-state index in [2.05, 4.69) is 4.28 Å². The molecule has 3 heterocycles. The first-order valence-corrected chi connectivity index (χ1v) is 9.73. The van der Waals surface area contributed by atoms with Gasteiger partial charge in [0.2, 0.25) is 0 Å². The number of halogens is 1. The summed E-state index contributed by atoms with van der Waals surface area (Å²) in [6.07, 6.45) is 0. The maximum Gasteiger partial charge on any atom is 0.418 e. The average Bonchev–Trinajstić information content (AvgIpc) is 3.11. The Morgan fingerprint density at radius 1 is 1.30 bits per heavy atom. The van der Waals surface area contributed by atoms with E-state index in [0.29, 0.717) is 25.9 Å². The van der Waals surface area contributed by atoms with Gasteiger partial charge in [0.15, 0.2) is 6.04 Å². The van der Waals surface area contributed by atoms with Crippen LogP contribution in [0.25, 0.3) is 10.4 Å². The number of hydrogen-bond acceptors (Lipinski definition) is 6. The van der Waals surface area contributed by atoms with Crippen LogP contribution >= 0.6 is 11.3 Å². The molecule has 0 spiro atoms. The maximum absolute atomic E-state index is 13.1. The minimum atomic E-state index is -4.98. The van der Waals surface area contributed by atoms with Gasteiger partial charge in [0.1, 0.15) is 11.9 Å². The van der Waals surface area contributed by atoms with Gasteiger partial charge in [0.05, 0.1) is 6.54 Å². The van der Waals surface area contributed by atoms with Gasteiger partial charge in [0.25, 0.3) is 0 Å². The van der Waals surface area contributed by atoms with Gasteiger partial charge in [-0.2, -0.15) is 13.5 Å². The van der Waals surface area contributed by atoms with E-state index in [9.17, 15) is 27.5 Å². The van der Waals surface area contributed by atoms with Gasteiger partial charge in [-0.05, 0) is 29.3 Å². The van der Waals surface area contributed by atoms with Gasteiger partial charge in [-0.3, -0.25) is 4.55 Å². The smallest absolute Gasteiger partial charge is 0.418 e. The van der Waals surface area contributed by atoms with Gasteiger partial charge >= 0.3 is 22.4 Å². The van der Waals surface area contributed by atoms with Crippen molar-refractivity contribution in [2.75, 3.05) is 6.54 Å². The van der Waals surface area contributed by atoms with Crippen LogP contribution in [0, 0.1) is 5.82 Å². The Kier molecular flexibility index (Phi) is 3.96. The molecule has 2 aliphatic heterocycles. The molecular formula is C15H11FN2O7S2. The third kappa shape index (κ3) is 2.96. The highest BCUT2D eigenvalue weighted by atomic mass is 32.3. The molecule has 2 aromatic rings. The summed E-state index contributed by atoms with van der Waals surface area (Å²) < 4.78 is 48.6. The molecule has 1 saturated heterocycles. The number of nitrogens with zero attached hydrogens (tertiary/aromatic N) is 2. The van der Waals surface area contributed by atoms with Crippen molar-refractivity contribution in [1.29, 1.82) is 0 Å². The highest BCUT2D eigenvalue weighted by molar-refractivity contribution is 7.80. The van der Waals surface area contributed by atoms with E-state index in [1.807, 2.05) is 0 Å². The van der Waals surface area contributed by atoms with E-state index in [1.165, 1.54) is 24.3 Å². The second-order valence-corrected chi connectivity index (χ2v) is 8.05. The second-order valence-electron chi connectivity index (χ2n) is 5.96. The largest absolute Gasteiger partial charge is 0.479 e. The zero-order valence-corrected chi connectivity index (χ0v) is 14.9. The number of thiophene rings is 1. The van der Waals surface area contributed by atoms with Gasteiger partial charge in [-0.15, -0.1) is 15.6 Å². The Morgan fingerprint density at radius 2 is 1.96 bits per heavy atom. The first-order chi connectivity index (χ1) is 12.7. The zero-order chi connectivity index (χ0) is 19.5. The Morgan fingerprint density at radius 3 is 2.56 bits per heavy atom. The van der Waals surface area contributed by atoms with Crippen molar-refractivity contribution < 1.29 is 36.3 Å². The summed E-state index contributed by atoms with van der Waals surface area (Å²) in [5.74, 6) is -1.71. The van der Waals surface area contributed by atoms with Gasteiger partial charge in [0, 0.05) is 9.75 Å². The van der Waals surface area contributed by atoms with Crippen LogP contribution in [0.5, 0.6) is 0 Å². The van der Waals surface area contributed by atoms with E-state index < -0.39 is 40.3 Å². The summed E-state index contributed by atoms with van der Waals surface area (Å²) in [4.78, 5) is 26.1. The number of hydrogen-bond donors (Lipinski definition) is 2. The molecule has 0 aliphatic carbocycles. The third-order valence-electron chi connectivity index (χ3n) is 4.33. The van der Waals surface area contributed by atoms with Crippen LogP contribution in [0.2, 0.25) is 0 Å². The van der Waals surface area contributed by atoms with Crippen molar-refractivity contribution in [3.63, 3.8) is 0 Å². The summed E-state index contributed by atoms with van der Waals surface area (Å²) in [6, 6.07) is 3.98. The van der Waals surface area contributed by atoms with Crippen molar-refractivity contribution >= 4 is 33.7 Å². The van der Waals surface area contributed by atoms with E-state index in [1.54, 1.807) is 6.07 Å². The molecule has 0 saturated carbocycles. The maximum atomic E-state index is 13.1. The molecular weight excluding hydrogens is 403 g/mol. The molecule has 2 bridgehead atoms. The molecule has 0 unspecified atom stereocenters. The van der Waals surface area contributed by atoms with Crippen LogP contribution in [-0.2, 0) is 19.5 Å². The van der Waals surface area contributed by atoms with Crippen LogP contribution in [0.1, 0.15) is 22.5 Å². The first kappa shape index (κ1) is 17.9. The molecule has 2 amide bonds. The molecule has 9 nitrogen and oxygen atoms in total. The van der Waals surface area contributed by atoms with Gasteiger partial charge < -0.3 is 10.0 Å². The van der Waals surface area contributed by atoms with Crippen molar-refractivity contribution in [2.45, 2.75) is 12.1 Å². The number of urea groups is 1. The second kappa shape index (κ2) is 5.99. The Balaban J connectivity index is 1.83. The lowest BCUT2D eigenvalue weighted by Crippen LogP contribution is -2.38. The molecule has 1 fully saturated rings. The highest BCUT2D eigenvalue weighted by Crippen LogP contribution is 2.49. The predicted molar refractivity (Wildman–Crippen MR) is 89.4 cm³/mol. The molecule has 142 valence electrons. The highest BCUT2D eigenvalue weighted by Gasteiger charge is 2.53. The average molecular weight is 414 g/mol. The van der Waals surface area contributed by atoms with E-state index in [0.717, 1.165) is 16.2 Å². The number of rotatable bonds is 4. The summed E-state index contributed by atoms with van der Waals surface area (Å²) in [6.45, 7) is -0.113. The van der Waals surface area contributed by atoms with E-state index in [4.69, 9.17) is 4.55 Å². The zero-order valence-electron chi connectivity index (χ0n) is 13.3. The summed E-state index contributed by atoms with van der Waals surface area (Å²) in [5.41, 5.74) is 1.04. The van der Waals surface area contributed by atoms with Crippen LogP contribution in [-0.4, -0.2) is 46.6 Å². The molecule has 1 aromatic heterocycles. The normalized spacial score (nSPS) is 21.5. The van der Waals surface area contributed by atoms with Crippen molar-refractivity contribution in [3.05, 3.63) is 46.6 Å². The minimum absolute atomic E-state index is 0.113. The number of carbonyl (C=O) groups is 2. The number of carboxylic acids is 1. The quantitative estimate of drug-likeness (QED) is 0.735. The number of amides is 2. The number of carboxylic acid groups (broad SMARTS) is 1. The topological polar surface area (TPSA) is 124 Å². The van der Waals surface area contributed by atoms with Crippen LogP contribution in [0.3, 0.4) is 0 Å². The molecule has 2 atom stereocenters. The summed E-state index contributed by atoms with van der Waals surface area (Å²) in [7, 11) is -4.98. The number of carbonyl (C=O) groups excluding carboxylic acids is 1. The van der Waals surface area contributed by atoms with E-state index >= 15 is 0 Å². The minimum Gasteiger partial charge on any atom is -0.479 e. The molecule has 12 heteroatoms.